The SMILES string of the molecule is CCCn1cc(C(N)c2cccc(C)c2)cn1. The first-order chi connectivity index (χ1) is 8.20. The average molecular weight is 229 g/mol. The highest BCUT2D eigenvalue weighted by Gasteiger charge is 2.10. The predicted octanol–water partition coefficient (Wildman–Crippen LogP) is 2.65. The highest BCUT2D eigenvalue weighted by Crippen LogP contribution is 2.19. The zero-order valence-electron chi connectivity index (χ0n) is 10.4. The van der Waals surface area contributed by atoms with E-state index < -0.39 is 0 Å². The topological polar surface area (TPSA) is 43.8 Å². The van der Waals surface area contributed by atoms with Gasteiger partial charge in [0.05, 0.1) is 12.2 Å². The second-order valence-corrected chi connectivity index (χ2v) is 4.43. The van der Waals surface area contributed by atoms with Gasteiger partial charge in [0, 0.05) is 18.3 Å². The number of aryl methyl sites for hydroxylation is 2. The third-order valence-corrected chi connectivity index (χ3v) is 2.87. The quantitative estimate of drug-likeness (QED) is 0.876. The van der Waals surface area contributed by atoms with Gasteiger partial charge in [-0.2, -0.15) is 5.10 Å². The van der Waals surface area contributed by atoms with Crippen LogP contribution in [0.2, 0.25) is 0 Å². The van der Waals surface area contributed by atoms with Gasteiger partial charge in [0.25, 0.3) is 0 Å². The van der Waals surface area contributed by atoms with E-state index in [1.165, 1.54) is 5.56 Å². The Morgan fingerprint density at radius 2 is 2.18 bits per heavy atom. The molecule has 1 heterocycles. The van der Waals surface area contributed by atoms with E-state index in [0.717, 1.165) is 24.1 Å². The highest BCUT2D eigenvalue weighted by molar-refractivity contribution is 5.31. The smallest absolute Gasteiger partial charge is 0.0582 e. The van der Waals surface area contributed by atoms with E-state index in [1.54, 1.807) is 0 Å². The van der Waals surface area contributed by atoms with Crippen molar-refractivity contribution >= 4 is 0 Å². The van der Waals surface area contributed by atoms with Crippen LogP contribution in [0.25, 0.3) is 0 Å². The number of nitrogens with zero attached hydrogens (tertiary/aromatic N) is 2. The molecule has 1 unspecified atom stereocenters. The monoisotopic (exact) mass is 229 g/mol. The summed E-state index contributed by atoms with van der Waals surface area (Å²) in [7, 11) is 0. The van der Waals surface area contributed by atoms with E-state index in [-0.39, 0.29) is 6.04 Å². The Bertz CT molecular complexity index is 488. The van der Waals surface area contributed by atoms with Gasteiger partial charge in [-0.3, -0.25) is 4.68 Å². The molecule has 0 amide bonds. The Morgan fingerprint density at radius 1 is 1.35 bits per heavy atom. The van der Waals surface area contributed by atoms with Gasteiger partial charge in [0.2, 0.25) is 0 Å². The minimum Gasteiger partial charge on any atom is -0.320 e. The molecule has 0 radical (unpaired) electrons. The Morgan fingerprint density at radius 3 is 2.88 bits per heavy atom. The summed E-state index contributed by atoms with van der Waals surface area (Å²) >= 11 is 0. The van der Waals surface area contributed by atoms with Crippen molar-refractivity contribution in [1.82, 2.24) is 9.78 Å². The molecule has 3 heteroatoms. The summed E-state index contributed by atoms with van der Waals surface area (Å²) < 4.78 is 1.95. The molecule has 2 rings (SSSR count). The zero-order valence-corrected chi connectivity index (χ0v) is 10.4. The van der Waals surface area contributed by atoms with Gasteiger partial charge in [-0.15, -0.1) is 0 Å². The number of hydrogen-bond acceptors (Lipinski definition) is 2. The molecule has 0 fully saturated rings. The van der Waals surface area contributed by atoms with E-state index in [4.69, 9.17) is 5.73 Å². The zero-order chi connectivity index (χ0) is 12.3. The molecular weight excluding hydrogens is 210 g/mol. The van der Waals surface area contributed by atoms with Crippen molar-refractivity contribution in [2.24, 2.45) is 5.73 Å². The Balaban J connectivity index is 2.21. The average Bonchev–Trinajstić information content (AvgIpc) is 2.77. The van der Waals surface area contributed by atoms with Gasteiger partial charge in [-0.25, -0.2) is 0 Å². The number of hydrogen-bond donors (Lipinski definition) is 1. The van der Waals surface area contributed by atoms with Crippen LogP contribution >= 0.6 is 0 Å². The molecule has 3 nitrogen and oxygen atoms in total. The fourth-order valence-electron chi connectivity index (χ4n) is 1.95. The summed E-state index contributed by atoms with van der Waals surface area (Å²) in [6, 6.07) is 8.23. The lowest BCUT2D eigenvalue weighted by Gasteiger charge is -2.10. The molecule has 1 atom stereocenters. The molecule has 0 spiro atoms. The van der Waals surface area contributed by atoms with Crippen LogP contribution in [-0.2, 0) is 6.54 Å². The van der Waals surface area contributed by atoms with E-state index >= 15 is 0 Å². The molecule has 1 aromatic heterocycles. The van der Waals surface area contributed by atoms with Gasteiger partial charge >= 0.3 is 0 Å². The molecule has 0 bridgehead atoms. The molecule has 0 aliphatic carbocycles. The first-order valence-corrected chi connectivity index (χ1v) is 6.05. The van der Waals surface area contributed by atoms with Crippen molar-refractivity contribution in [1.29, 1.82) is 0 Å². The molecule has 2 N–H and O–H groups in total. The largest absolute Gasteiger partial charge is 0.320 e. The van der Waals surface area contributed by atoms with Gasteiger partial charge < -0.3 is 5.73 Å². The second kappa shape index (κ2) is 5.15. The van der Waals surface area contributed by atoms with Crippen molar-refractivity contribution in [2.75, 3.05) is 0 Å². The summed E-state index contributed by atoms with van der Waals surface area (Å²) in [4.78, 5) is 0. The summed E-state index contributed by atoms with van der Waals surface area (Å²) in [5, 5.41) is 4.31. The van der Waals surface area contributed by atoms with Crippen LogP contribution in [0.1, 0.15) is 36.1 Å². The number of rotatable bonds is 4. The molecule has 1 aromatic carbocycles. The molecule has 90 valence electrons. The predicted molar refractivity (Wildman–Crippen MR) is 69.7 cm³/mol. The van der Waals surface area contributed by atoms with Gasteiger partial charge in [0.1, 0.15) is 0 Å². The van der Waals surface area contributed by atoms with Crippen molar-refractivity contribution in [2.45, 2.75) is 32.9 Å². The molecule has 0 saturated heterocycles. The Kier molecular flexibility index (Phi) is 3.59. The summed E-state index contributed by atoms with van der Waals surface area (Å²) in [5.74, 6) is 0. The van der Waals surface area contributed by atoms with E-state index in [9.17, 15) is 0 Å². The maximum absolute atomic E-state index is 6.24. The van der Waals surface area contributed by atoms with Crippen molar-refractivity contribution in [3.63, 3.8) is 0 Å². The minimum absolute atomic E-state index is 0.0829. The summed E-state index contributed by atoms with van der Waals surface area (Å²) in [6.07, 6.45) is 4.99. The molecule has 0 saturated carbocycles. The summed E-state index contributed by atoms with van der Waals surface area (Å²) in [6.45, 7) is 5.17. The van der Waals surface area contributed by atoms with Crippen LogP contribution in [0.3, 0.4) is 0 Å². The van der Waals surface area contributed by atoms with Crippen LogP contribution in [0.4, 0.5) is 0 Å². The van der Waals surface area contributed by atoms with Crippen LogP contribution < -0.4 is 5.73 Å². The standard InChI is InChI=1S/C14H19N3/c1-3-7-17-10-13(9-16-17)14(15)12-6-4-5-11(2)8-12/h4-6,8-10,14H,3,7,15H2,1-2H3. The normalized spacial score (nSPS) is 12.6. The van der Waals surface area contributed by atoms with E-state index in [1.807, 2.05) is 23.1 Å². The highest BCUT2D eigenvalue weighted by atomic mass is 15.3. The van der Waals surface area contributed by atoms with E-state index in [2.05, 4.69) is 37.1 Å². The number of aromatic nitrogens is 2. The molecule has 17 heavy (non-hydrogen) atoms. The lowest BCUT2D eigenvalue weighted by Crippen LogP contribution is -2.11. The lowest BCUT2D eigenvalue weighted by atomic mass is 10.0. The second-order valence-electron chi connectivity index (χ2n) is 4.43. The molecular formula is C14H19N3. The molecule has 0 aliphatic heterocycles. The van der Waals surface area contributed by atoms with Crippen molar-refractivity contribution < 1.29 is 0 Å². The maximum atomic E-state index is 6.24. The minimum atomic E-state index is -0.0829. The number of nitrogens with two attached hydrogens (primary N) is 1. The Hall–Kier alpha value is -1.61. The fraction of sp³-hybridized carbons (Fsp3) is 0.357. The summed E-state index contributed by atoms with van der Waals surface area (Å²) in [5.41, 5.74) is 9.69. The lowest BCUT2D eigenvalue weighted by molar-refractivity contribution is 0.602. The Labute approximate surface area is 102 Å². The number of benzene rings is 1. The van der Waals surface area contributed by atoms with Crippen LogP contribution in [-0.4, -0.2) is 9.78 Å². The van der Waals surface area contributed by atoms with Gasteiger partial charge in [-0.1, -0.05) is 36.8 Å². The van der Waals surface area contributed by atoms with Crippen LogP contribution in [0, 0.1) is 6.92 Å². The van der Waals surface area contributed by atoms with E-state index in [0.29, 0.717) is 0 Å². The van der Waals surface area contributed by atoms with Crippen molar-refractivity contribution in [3.05, 3.63) is 53.3 Å². The fourth-order valence-corrected chi connectivity index (χ4v) is 1.95. The van der Waals surface area contributed by atoms with Crippen LogP contribution in [0.15, 0.2) is 36.7 Å². The third kappa shape index (κ3) is 2.74. The van der Waals surface area contributed by atoms with Gasteiger partial charge in [-0.05, 0) is 18.9 Å². The first-order valence-electron chi connectivity index (χ1n) is 6.05. The van der Waals surface area contributed by atoms with Crippen LogP contribution in [0.5, 0.6) is 0 Å². The van der Waals surface area contributed by atoms with Gasteiger partial charge in [0.15, 0.2) is 0 Å². The molecule has 2 aromatic rings. The third-order valence-electron chi connectivity index (χ3n) is 2.87. The first kappa shape index (κ1) is 11.9. The van der Waals surface area contributed by atoms with Crippen molar-refractivity contribution in [3.8, 4) is 0 Å². The molecule has 0 aliphatic rings. The maximum Gasteiger partial charge on any atom is 0.0582 e.